The van der Waals surface area contributed by atoms with Crippen molar-refractivity contribution in [3.63, 3.8) is 0 Å². The third kappa shape index (κ3) is 3.95. The van der Waals surface area contributed by atoms with E-state index in [4.69, 9.17) is 16.0 Å². The van der Waals surface area contributed by atoms with Crippen LogP contribution in [0.3, 0.4) is 0 Å². The second-order valence-electron chi connectivity index (χ2n) is 4.97. The Morgan fingerprint density at radius 3 is 2.52 bits per heavy atom. The van der Waals surface area contributed by atoms with Crippen molar-refractivity contribution in [1.29, 1.82) is 0 Å². The van der Waals surface area contributed by atoms with Crippen LogP contribution in [-0.4, -0.2) is 12.5 Å². The van der Waals surface area contributed by atoms with Crippen LogP contribution in [0.25, 0.3) is 11.0 Å². The molecule has 3 rings (SSSR count). The number of carbonyl (C=O) groups is 1. The lowest BCUT2D eigenvalue weighted by atomic mass is 10.2. The number of nitrogens with one attached hydrogen (secondary N) is 1. The van der Waals surface area contributed by atoms with E-state index in [9.17, 15) is 18.4 Å². The zero-order chi connectivity index (χ0) is 18.0. The van der Waals surface area contributed by atoms with Crippen molar-refractivity contribution < 1.29 is 22.7 Å². The van der Waals surface area contributed by atoms with Gasteiger partial charge in [-0.05, 0) is 42.5 Å². The van der Waals surface area contributed by atoms with Crippen molar-refractivity contribution in [3.05, 3.63) is 69.5 Å². The summed E-state index contributed by atoms with van der Waals surface area (Å²) < 4.78 is 33.8. The van der Waals surface area contributed by atoms with Crippen molar-refractivity contribution in [2.24, 2.45) is 0 Å². The maximum atomic E-state index is 12.2. The number of fused-ring (bicyclic) bond motifs is 1. The van der Waals surface area contributed by atoms with E-state index in [2.05, 4.69) is 10.1 Å². The third-order valence-corrected chi connectivity index (χ3v) is 3.49. The molecular formula is C17H10ClF2NO4. The van der Waals surface area contributed by atoms with Gasteiger partial charge in [-0.2, -0.15) is 8.78 Å². The molecule has 1 heterocycles. The molecule has 1 aromatic heterocycles. The number of rotatable bonds is 4. The predicted octanol–water partition coefficient (Wildman–Crippen LogP) is 4.30. The summed E-state index contributed by atoms with van der Waals surface area (Å²) in [6, 6.07) is 10.9. The highest BCUT2D eigenvalue weighted by Crippen LogP contribution is 2.20. The molecule has 1 N–H and O–H groups in total. The molecule has 25 heavy (non-hydrogen) atoms. The van der Waals surface area contributed by atoms with Gasteiger partial charge in [-0.15, -0.1) is 0 Å². The van der Waals surface area contributed by atoms with E-state index in [1.165, 1.54) is 42.5 Å². The molecule has 3 aromatic rings. The van der Waals surface area contributed by atoms with Gasteiger partial charge in [0.05, 0.1) is 5.39 Å². The molecule has 0 bridgehead atoms. The number of benzene rings is 2. The number of anilines is 1. The van der Waals surface area contributed by atoms with Crippen LogP contribution in [0.15, 0.2) is 57.7 Å². The van der Waals surface area contributed by atoms with Gasteiger partial charge >= 0.3 is 6.61 Å². The number of hydrogen-bond donors (Lipinski definition) is 1. The van der Waals surface area contributed by atoms with Crippen LogP contribution < -0.4 is 15.5 Å². The number of carbonyl (C=O) groups excluding carboxylic acids is 1. The fourth-order valence-electron chi connectivity index (χ4n) is 2.15. The highest BCUT2D eigenvalue weighted by molar-refractivity contribution is 6.31. The lowest BCUT2D eigenvalue weighted by Gasteiger charge is -2.07. The van der Waals surface area contributed by atoms with Gasteiger partial charge in [0, 0.05) is 16.8 Å². The SMILES string of the molecule is O=C(Nc1ccc(OC(F)F)cc1)c1cc(=O)c2cc(Cl)ccc2o1. The first kappa shape index (κ1) is 16.9. The van der Waals surface area contributed by atoms with Gasteiger partial charge in [0.15, 0.2) is 11.2 Å². The predicted molar refractivity (Wildman–Crippen MR) is 88.5 cm³/mol. The Balaban J connectivity index is 1.82. The van der Waals surface area contributed by atoms with Gasteiger partial charge in [-0.25, -0.2) is 0 Å². The average Bonchev–Trinajstić information content (AvgIpc) is 2.56. The van der Waals surface area contributed by atoms with Crippen LogP contribution in [0.1, 0.15) is 10.6 Å². The second-order valence-corrected chi connectivity index (χ2v) is 5.41. The van der Waals surface area contributed by atoms with Crippen LogP contribution in [-0.2, 0) is 0 Å². The Morgan fingerprint density at radius 2 is 1.84 bits per heavy atom. The van der Waals surface area contributed by atoms with E-state index in [1.807, 2.05) is 0 Å². The summed E-state index contributed by atoms with van der Waals surface area (Å²) in [6.45, 7) is -2.93. The van der Waals surface area contributed by atoms with E-state index in [0.29, 0.717) is 10.7 Å². The zero-order valence-corrected chi connectivity index (χ0v) is 13.2. The monoisotopic (exact) mass is 365 g/mol. The van der Waals surface area contributed by atoms with Crippen molar-refractivity contribution in [2.75, 3.05) is 5.32 Å². The van der Waals surface area contributed by atoms with Crippen LogP contribution in [0.2, 0.25) is 5.02 Å². The molecule has 0 saturated carbocycles. The largest absolute Gasteiger partial charge is 0.451 e. The summed E-state index contributed by atoms with van der Waals surface area (Å²) in [5.74, 6) is -0.883. The second kappa shape index (κ2) is 6.90. The van der Waals surface area contributed by atoms with Crippen LogP contribution >= 0.6 is 11.6 Å². The third-order valence-electron chi connectivity index (χ3n) is 3.25. The standard InChI is InChI=1S/C17H10ClF2NO4/c18-9-1-6-14-12(7-9)13(22)8-15(25-14)16(23)21-10-2-4-11(5-3-10)24-17(19)20/h1-8,17H,(H,21,23). The van der Waals surface area contributed by atoms with Crippen molar-refractivity contribution in [1.82, 2.24) is 0 Å². The molecular weight excluding hydrogens is 356 g/mol. The normalized spacial score (nSPS) is 10.9. The van der Waals surface area contributed by atoms with Crippen LogP contribution in [0.5, 0.6) is 5.75 Å². The molecule has 0 aliphatic rings. The average molecular weight is 366 g/mol. The maximum Gasteiger partial charge on any atom is 0.387 e. The quantitative estimate of drug-likeness (QED) is 0.748. The lowest BCUT2D eigenvalue weighted by Crippen LogP contribution is -2.15. The Morgan fingerprint density at radius 1 is 1.12 bits per heavy atom. The molecule has 0 atom stereocenters. The molecule has 0 saturated heterocycles. The van der Waals surface area contributed by atoms with Gasteiger partial charge in [-0.1, -0.05) is 11.6 Å². The Hall–Kier alpha value is -2.93. The molecule has 128 valence electrons. The first-order chi connectivity index (χ1) is 11.9. The fraction of sp³-hybridized carbons (Fsp3) is 0.0588. The van der Waals surface area contributed by atoms with Gasteiger partial charge in [-0.3, -0.25) is 9.59 Å². The molecule has 0 unspecified atom stereocenters. The maximum absolute atomic E-state index is 12.2. The van der Waals surface area contributed by atoms with Gasteiger partial charge in [0.1, 0.15) is 11.3 Å². The molecule has 0 radical (unpaired) electrons. The number of alkyl halides is 2. The summed E-state index contributed by atoms with van der Waals surface area (Å²) in [4.78, 5) is 24.3. The number of amides is 1. The van der Waals surface area contributed by atoms with Crippen molar-refractivity contribution >= 4 is 34.2 Å². The van der Waals surface area contributed by atoms with E-state index in [-0.39, 0.29) is 22.5 Å². The first-order valence-corrected chi connectivity index (χ1v) is 7.40. The molecule has 0 aliphatic carbocycles. The molecule has 1 amide bonds. The number of ether oxygens (including phenoxy) is 1. The highest BCUT2D eigenvalue weighted by Gasteiger charge is 2.13. The minimum absolute atomic E-state index is 0.0397. The van der Waals surface area contributed by atoms with E-state index in [0.717, 1.165) is 6.07 Å². The van der Waals surface area contributed by atoms with Gasteiger partial charge < -0.3 is 14.5 Å². The molecule has 0 aliphatic heterocycles. The smallest absolute Gasteiger partial charge is 0.387 e. The molecule has 0 fully saturated rings. The summed E-state index contributed by atoms with van der Waals surface area (Å²) in [6.07, 6.45) is 0. The van der Waals surface area contributed by atoms with Gasteiger partial charge in [0.25, 0.3) is 5.91 Å². The van der Waals surface area contributed by atoms with Crippen molar-refractivity contribution in [3.8, 4) is 5.75 Å². The molecule has 5 nitrogen and oxygen atoms in total. The summed E-state index contributed by atoms with van der Waals surface area (Å²) in [5, 5.41) is 3.14. The summed E-state index contributed by atoms with van der Waals surface area (Å²) in [7, 11) is 0. The Labute approximate surface area is 144 Å². The van der Waals surface area contributed by atoms with Crippen LogP contribution in [0, 0.1) is 0 Å². The minimum Gasteiger partial charge on any atom is -0.451 e. The molecule has 8 heteroatoms. The lowest BCUT2D eigenvalue weighted by molar-refractivity contribution is -0.0498. The Kier molecular flexibility index (Phi) is 4.67. The van der Waals surface area contributed by atoms with Crippen molar-refractivity contribution in [2.45, 2.75) is 6.61 Å². The first-order valence-electron chi connectivity index (χ1n) is 7.02. The summed E-state index contributed by atoms with van der Waals surface area (Å²) >= 11 is 5.83. The fourth-order valence-corrected chi connectivity index (χ4v) is 2.32. The van der Waals surface area contributed by atoms with E-state index < -0.39 is 17.9 Å². The van der Waals surface area contributed by atoms with Crippen LogP contribution in [0.4, 0.5) is 14.5 Å². The number of halogens is 3. The van der Waals surface area contributed by atoms with Gasteiger partial charge in [0.2, 0.25) is 0 Å². The molecule has 0 spiro atoms. The van der Waals surface area contributed by atoms with E-state index >= 15 is 0 Å². The Bertz CT molecular complexity index is 986. The number of hydrogen-bond acceptors (Lipinski definition) is 4. The minimum atomic E-state index is -2.93. The summed E-state index contributed by atoms with van der Waals surface area (Å²) in [5.41, 5.74) is 0.141. The molecule has 2 aromatic carbocycles. The van der Waals surface area contributed by atoms with E-state index in [1.54, 1.807) is 0 Å². The topological polar surface area (TPSA) is 68.5 Å². The highest BCUT2D eigenvalue weighted by atomic mass is 35.5. The zero-order valence-electron chi connectivity index (χ0n) is 12.5.